The molecule has 3 heterocycles. The number of rotatable bonds is 9. The van der Waals surface area contributed by atoms with E-state index in [0.717, 1.165) is 35.0 Å². The summed E-state index contributed by atoms with van der Waals surface area (Å²) >= 11 is 3.41. The number of alkyl halides is 1. The second-order valence-electron chi connectivity index (χ2n) is 14.2. The summed E-state index contributed by atoms with van der Waals surface area (Å²) in [7, 11) is 0. The first-order valence-electron chi connectivity index (χ1n) is 15.9. The molecule has 254 valence electrons. The third-order valence-electron chi connectivity index (χ3n) is 7.56. The Morgan fingerprint density at radius 2 is 1.15 bits per heavy atom. The molecule has 1 saturated carbocycles. The summed E-state index contributed by atoms with van der Waals surface area (Å²) in [5, 5.41) is 16.6. The van der Waals surface area contributed by atoms with Crippen LogP contribution in [0, 0.1) is 11.8 Å². The van der Waals surface area contributed by atoms with Crippen molar-refractivity contribution in [3.63, 3.8) is 0 Å². The lowest BCUT2D eigenvalue weighted by atomic mass is 10.1. The lowest BCUT2D eigenvalue weighted by Crippen LogP contribution is -2.27. The van der Waals surface area contributed by atoms with Crippen LogP contribution in [0.5, 0.6) is 0 Å². The summed E-state index contributed by atoms with van der Waals surface area (Å²) in [4.78, 5) is 37.9. The van der Waals surface area contributed by atoms with Crippen molar-refractivity contribution >= 4 is 33.8 Å². The second-order valence-corrected chi connectivity index (χ2v) is 14.8. The van der Waals surface area contributed by atoms with Gasteiger partial charge in [0.05, 0.1) is 25.5 Å². The third-order valence-corrected chi connectivity index (χ3v) is 8.21. The van der Waals surface area contributed by atoms with Crippen LogP contribution in [0.2, 0.25) is 0 Å². The average molecular weight is 721 g/mol. The molecule has 0 radical (unpaired) electrons. The van der Waals surface area contributed by atoms with E-state index >= 15 is 0 Å². The van der Waals surface area contributed by atoms with Crippen molar-refractivity contribution in [3.8, 4) is 0 Å². The fourth-order valence-electron chi connectivity index (χ4n) is 5.18. The van der Waals surface area contributed by atoms with Crippen LogP contribution < -0.4 is 0 Å². The normalized spacial score (nSPS) is 17.0. The van der Waals surface area contributed by atoms with E-state index in [1.54, 1.807) is 21.8 Å². The number of benzene rings is 2. The lowest BCUT2D eigenvalue weighted by molar-refractivity contribution is -0.130. The minimum Gasteiger partial charge on any atom is -0.455 e. The maximum atomic E-state index is 12.1. The fourth-order valence-corrected chi connectivity index (χ4v) is 5.55. The molecule has 2 aromatic carbocycles. The van der Waals surface area contributed by atoms with Gasteiger partial charge in [0, 0.05) is 24.3 Å². The van der Waals surface area contributed by atoms with E-state index in [-0.39, 0.29) is 11.4 Å². The Kier molecular flexibility index (Phi) is 10.5. The molecular weight excluding hydrogens is 678 g/mol. The largest absolute Gasteiger partial charge is 0.455 e. The number of hydrogen-bond acceptors (Lipinski definition) is 9. The number of aromatic nitrogens is 6. The number of piperidine rings is 1. The Morgan fingerprint density at radius 1 is 0.729 bits per heavy atom. The molecule has 2 aliphatic rings. The highest BCUT2D eigenvalue weighted by atomic mass is 79.9. The molecule has 12 nitrogen and oxygen atoms in total. The van der Waals surface area contributed by atoms with Crippen LogP contribution in [0.15, 0.2) is 60.9 Å². The van der Waals surface area contributed by atoms with Gasteiger partial charge in [0.2, 0.25) is 5.91 Å². The van der Waals surface area contributed by atoms with Crippen molar-refractivity contribution in [2.75, 3.05) is 6.54 Å². The van der Waals surface area contributed by atoms with Crippen molar-refractivity contribution in [1.82, 2.24) is 34.9 Å². The summed E-state index contributed by atoms with van der Waals surface area (Å²) in [6, 6.07) is 16.3. The number of halogens is 1. The molecule has 1 aliphatic heterocycles. The lowest BCUT2D eigenvalue weighted by Gasteiger charge is -2.18. The van der Waals surface area contributed by atoms with Crippen molar-refractivity contribution < 1.29 is 23.9 Å². The Labute approximate surface area is 288 Å². The number of amides is 1. The maximum Gasteiger partial charge on any atom is 0.361 e. The van der Waals surface area contributed by atoms with Crippen molar-refractivity contribution in [1.29, 1.82) is 0 Å². The third kappa shape index (κ3) is 9.82. The number of nitrogens with zero attached hydrogens (tertiary/aromatic N) is 7. The second kappa shape index (κ2) is 14.4. The molecule has 13 heteroatoms. The van der Waals surface area contributed by atoms with Gasteiger partial charge in [-0.1, -0.05) is 74.9 Å². The Hall–Kier alpha value is -4.39. The number of esters is 2. The molecule has 48 heavy (non-hydrogen) atoms. The monoisotopic (exact) mass is 719 g/mol. The van der Waals surface area contributed by atoms with Gasteiger partial charge in [-0.15, -0.1) is 10.2 Å². The number of likely N-dealkylation sites (tertiary alicyclic amines) is 1. The topological polar surface area (TPSA) is 134 Å². The molecular formula is C35H42BrN7O5. The summed E-state index contributed by atoms with van der Waals surface area (Å²) < 4.78 is 13.8. The van der Waals surface area contributed by atoms with E-state index in [9.17, 15) is 14.4 Å². The Morgan fingerprint density at radius 3 is 1.52 bits per heavy atom. The predicted molar refractivity (Wildman–Crippen MR) is 181 cm³/mol. The molecule has 1 amide bonds. The van der Waals surface area contributed by atoms with Gasteiger partial charge in [0.1, 0.15) is 11.2 Å². The standard InChI is InChI=1S/C20H24N4O3.C15H18BrN3O2/c1-20(2,3)27-19(26)17-12-24(22-21-17)10-14-6-4-13(5-7-14)9-23-11-15-8-16(15)18(23)25;1-15(2,3)21-14(20)13-10-19(18-17-13)9-12-6-4-11(8-16)5-7-12/h4-7,12,15-16H,8-11H2,1-3H3;4-7,10H,8-9H2,1-3H3. The summed E-state index contributed by atoms with van der Waals surface area (Å²) in [6.07, 6.45) is 4.28. The molecule has 2 fully saturated rings. The van der Waals surface area contributed by atoms with Crippen LogP contribution in [0.25, 0.3) is 0 Å². The first-order valence-corrected chi connectivity index (χ1v) is 17.1. The van der Waals surface area contributed by atoms with E-state index in [4.69, 9.17) is 9.47 Å². The van der Waals surface area contributed by atoms with Gasteiger partial charge < -0.3 is 14.4 Å². The number of ether oxygens (including phenoxy) is 2. The minimum absolute atomic E-state index is 0.202. The van der Waals surface area contributed by atoms with Gasteiger partial charge in [-0.2, -0.15) is 0 Å². The Bertz CT molecular complexity index is 1740. The zero-order valence-electron chi connectivity index (χ0n) is 28.2. The first-order chi connectivity index (χ1) is 22.7. The van der Waals surface area contributed by atoms with Gasteiger partial charge in [-0.25, -0.2) is 19.0 Å². The van der Waals surface area contributed by atoms with Crippen molar-refractivity contribution in [2.45, 2.75) is 84.1 Å². The predicted octanol–water partition coefficient (Wildman–Crippen LogP) is 5.44. The van der Waals surface area contributed by atoms with Crippen molar-refractivity contribution in [2.24, 2.45) is 11.8 Å². The van der Waals surface area contributed by atoms with Crippen LogP contribution in [0.4, 0.5) is 0 Å². The molecule has 6 rings (SSSR count). The number of fused-ring (bicyclic) bond motifs is 1. The molecule has 1 saturated heterocycles. The summed E-state index contributed by atoms with van der Waals surface area (Å²) in [5.41, 5.74) is 3.82. The van der Waals surface area contributed by atoms with E-state index in [1.165, 1.54) is 5.56 Å². The SMILES string of the molecule is CC(C)(C)OC(=O)c1cn(Cc2ccc(CBr)cc2)nn1.CC(C)(C)OC(=O)c1cn(Cc2ccc(CN3CC4CC4C3=O)cc2)nn1. The highest BCUT2D eigenvalue weighted by molar-refractivity contribution is 9.08. The zero-order valence-corrected chi connectivity index (χ0v) is 29.8. The van der Waals surface area contributed by atoms with Gasteiger partial charge in [0.15, 0.2) is 11.4 Å². The molecule has 0 N–H and O–H groups in total. The van der Waals surface area contributed by atoms with Gasteiger partial charge in [0.25, 0.3) is 0 Å². The highest BCUT2D eigenvalue weighted by Crippen LogP contribution is 2.46. The van der Waals surface area contributed by atoms with Gasteiger partial charge in [-0.3, -0.25) is 4.79 Å². The van der Waals surface area contributed by atoms with E-state index < -0.39 is 23.1 Å². The molecule has 2 aromatic heterocycles. The molecule has 4 aromatic rings. The fraction of sp³-hybridized carbons (Fsp3) is 0.457. The number of carbonyl (C=O) groups excluding carboxylic acids is 3. The van der Waals surface area contributed by atoms with Gasteiger partial charge >= 0.3 is 11.9 Å². The minimum atomic E-state index is -0.562. The van der Waals surface area contributed by atoms with E-state index in [2.05, 4.69) is 48.7 Å². The highest BCUT2D eigenvalue weighted by Gasteiger charge is 2.51. The molecule has 0 spiro atoms. The van der Waals surface area contributed by atoms with Crippen LogP contribution in [0.3, 0.4) is 0 Å². The smallest absolute Gasteiger partial charge is 0.361 e. The van der Waals surface area contributed by atoms with Crippen molar-refractivity contribution in [3.05, 3.63) is 94.6 Å². The van der Waals surface area contributed by atoms with Crippen LogP contribution in [-0.4, -0.2) is 70.5 Å². The van der Waals surface area contributed by atoms with Crippen LogP contribution in [0.1, 0.15) is 91.2 Å². The molecule has 2 atom stereocenters. The number of hydrogen-bond donors (Lipinski definition) is 0. The summed E-state index contributed by atoms with van der Waals surface area (Å²) in [6.45, 7) is 13.6. The molecule has 2 unspecified atom stereocenters. The van der Waals surface area contributed by atoms with Crippen LogP contribution >= 0.6 is 15.9 Å². The van der Waals surface area contributed by atoms with Crippen LogP contribution in [-0.2, 0) is 39.2 Å². The summed E-state index contributed by atoms with van der Waals surface area (Å²) in [5.74, 6) is 0.279. The quantitative estimate of drug-likeness (QED) is 0.164. The van der Waals surface area contributed by atoms with E-state index in [1.807, 2.05) is 82.8 Å². The molecule has 1 aliphatic carbocycles. The van der Waals surface area contributed by atoms with E-state index in [0.29, 0.717) is 37.4 Å². The number of carbonyl (C=O) groups is 3. The average Bonchev–Trinajstić information content (AvgIpc) is 3.29. The Balaban J connectivity index is 0.000000194. The first kappa shape index (κ1) is 34.9. The maximum absolute atomic E-state index is 12.1. The zero-order chi connectivity index (χ0) is 34.6. The van der Waals surface area contributed by atoms with Gasteiger partial charge in [-0.05, 0) is 76.1 Å². The molecule has 0 bridgehead atoms.